The lowest BCUT2D eigenvalue weighted by molar-refractivity contribution is -0.137. The molecule has 1 fully saturated rings. The molecule has 1 amide bonds. The number of carbonyl (C=O) groups is 1. The highest BCUT2D eigenvalue weighted by Gasteiger charge is 2.29. The first kappa shape index (κ1) is 15.6. The van der Waals surface area contributed by atoms with Crippen LogP contribution in [0.15, 0.2) is 30.3 Å². The van der Waals surface area contributed by atoms with Crippen LogP contribution in [0.2, 0.25) is 0 Å². The highest BCUT2D eigenvalue weighted by atomic mass is 19.4. The van der Waals surface area contributed by atoms with Gasteiger partial charge >= 0.3 is 6.18 Å². The molecule has 5 heteroatoms. The van der Waals surface area contributed by atoms with Gasteiger partial charge in [0.05, 0.1) is 5.56 Å². The zero-order valence-corrected chi connectivity index (χ0v) is 11.7. The molecule has 21 heavy (non-hydrogen) atoms. The summed E-state index contributed by atoms with van der Waals surface area (Å²) in [7, 11) is 0. The van der Waals surface area contributed by atoms with E-state index in [4.69, 9.17) is 0 Å². The van der Waals surface area contributed by atoms with Crippen molar-refractivity contribution in [1.29, 1.82) is 0 Å². The van der Waals surface area contributed by atoms with E-state index in [-0.39, 0.29) is 5.91 Å². The van der Waals surface area contributed by atoms with E-state index in [9.17, 15) is 18.0 Å². The summed E-state index contributed by atoms with van der Waals surface area (Å²) in [5.41, 5.74) is -0.0929. The number of benzene rings is 1. The van der Waals surface area contributed by atoms with E-state index in [2.05, 4.69) is 0 Å². The molecule has 1 saturated heterocycles. The molecule has 1 aromatic rings. The van der Waals surface area contributed by atoms with Crippen molar-refractivity contribution in [2.75, 3.05) is 13.1 Å². The number of rotatable bonds is 2. The van der Waals surface area contributed by atoms with Crippen molar-refractivity contribution in [3.05, 3.63) is 41.5 Å². The molecule has 1 aliphatic heterocycles. The number of hydrogen-bond donors (Lipinski definition) is 0. The van der Waals surface area contributed by atoms with Crippen molar-refractivity contribution in [1.82, 2.24) is 4.90 Å². The second-order valence-electron chi connectivity index (χ2n) is 5.19. The second kappa shape index (κ2) is 6.78. The third kappa shape index (κ3) is 4.62. The molecule has 1 heterocycles. The Labute approximate surface area is 122 Å². The zero-order valence-electron chi connectivity index (χ0n) is 11.7. The topological polar surface area (TPSA) is 20.3 Å². The minimum atomic E-state index is -4.33. The number of nitrogens with zero attached hydrogens (tertiary/aromatic N) is 1. The molecule has 0 saturated carbocycles. The summed E-state index contributed by atoms with van der Waals surface area (Å²) in [5.74, 6) is -0.0724. The van der Waals surface area contributed by atoms with Crippen molar-refractivity contribution >= 4 is 12.0 Å². The molecule has 0 spiro atoms. The lowest BCUT2D eigenvalue weighted by atomic mass is 10.1. The van der Waals surface area contributed by atoms with Crippen LogP contribution < -0.4 is 0 Å². The molecule has 0 aromatic heterocycles. The highest BCUT2D eigenvalue weighted by molar-refractivity contribution is 5.91. The first-order valence-electron chi connectivity index (χ1n) is 7.11. The molecule has 2 nitrogen and oxygen atoms in total. The zero-order chi connectivity index (χ0) is 15.3. The molecule has 0 aliphatic carbocycles. The number of alkyl halides is 3. The number of halogens is 3. The molecule has 0 N–H and O–H groups in total. The maximum absolute atomic E-state index is 12.4. The lowest BCUT2D eigenvalue weighted by Crippen LogP contribution is -2.30. The van der Waals surface area contributed by atoms with Crippen LogP contribution in [0, 0.1) is 0 Å². The van der Waals surface area contributed by atoms with Crippen LogP contribution in [0.3, 0.4) is 0 Å². The van der Waals surface area contributed by atoms with E-state index < -0.39 is 11.7 Å². The van der Waals surface area contributed by atoms with Crippen molar-refractivity contribution in [3.8, 4) is 0 Å². The van der Waals surface area contributed by atoms with Gasteiger partial charge in [-0.25, -0.2) is 0 Å². The van der Waals surface area contributed by atoms with E-state index in [0.717, 1.165) is 50.9 Å². The Morgan fingerprint density at radius 3 is 2.10 bits per heavy atom. The van der Waals surface area contributed by atoms with Gasteiger partial charge in [-0.2, -0.15) is 13.2 Å². The summed E-state index contributed by atoms with van der Waals surface area (Å²) >= 11 is 0. The van der Waals surface area contributed by atoms with Crippen LogP contribution in [-0.2, 0) is 11.0 Å². The van der Waals surface area contributed by atoms with Crippen LogP contribution in [0.4, 0.5) is 13.2 Å². The number of amides is 1. The summed E-state index contributed by atoms with van der Waals surface area (Å²) < 4.78 is 37.3. The Balaban J connectivity index is 1.98. The van der Waals surface area contributed by atoms with Gasteiger partial charge in [0, 0.05) is 19.2 Å². The van der Waals surface area contributed by atoms with Gasteiger partial charge in [0.15, 0.2) is 0 Å². The average molecular weight is 297 g/mol. The van der Waals surface area contributed by atoms with Gasteiger partial charge in [0.25, 0.3) is 0 Å². The van der Waals surface area contributed by atoms with Crippen LogP contribution >= 0.6 is 0 Å². The number of likely N-dealkylation sites (tertiary alicyclic amines) is 1. The molecule has 1 aromatic carbocycles. The van der Waals surface area contributed by atoms with Crippen molar-refractivity contribution in [2.45, 2.75) is 31.9 Å². The molecule has 0 bridgehead atoms. The van der Waals surface area contributed by atoms with E-state index in [1.165, 1.54) is 18.2 Å². The Kier molecular flexibility index (Phi) is 5.04. The van der Waals surface area contributed by atoms with E-state index in [1.54, 1.807) is 11.0 Å². The van der Waals surface area contributed by atoms with Crippen LogP contribution in [-0.4, -0.2) is 23.9 Å². The maximum Gasteiger partial charge on any atom is 0.416 e. The summed E-state index contributed by atoms with van der Waals surface area (Å²) in [6.07, 6.45) is 2.99. The quantitative estimate of drug-likeness (QED) is 0.752. The Morgan fingerprint density at radius 2 is 1.57 bits per heavy atom. The van der Waals surface area contributed by atoms with Crippen molar-refractivity contribution in [3.63, 3.8) is 0 Å². The average Bonchev–Trinajstić information content (AvgIpc) is 2.73. The van der Waals surface area contributed by atoms with E-state index in [1.807, 2.05) is 0 Å². The van der Waals surface area contributed by atoms with Gasteiger partial charge in [-0.05, 0) is 36.6 Å². The Morgan fingerprint density at radius 1 is 1.00 bits per heavy atom. The lowest BCUT2D eigenvalue weighted by Gasteiger charge is -2.17. The molecule has 1 aliphatic rings. The molecule has 0 radical (unpaired) electrons. The predicted molar refractivity (Wildman–Crippen MR) is 75.5 cm³/mol. The van der Waals surface area contributed by atoms with E-state index in [0.29, 0.717) is 5.56 Å². The molecule has 0 unspecified atom stereocenters. The fourth-order valence-corrected chi connectivity index (χ4v) is 2.35. The van der Waals surface area contributed by atoms with Crippen LogP contribution in [0.1, 0.15) is 36.8 Å². The van der Waals surface area contributed by atoms with Gasteiger partial charge in [-0.3, -0.25) is 4.79 Å². The molecule has 2 rings (SSSR count). The number of hydrogen-bond acceptors (Lipinski definition) is 1. The van der Waals surface area contributed by atoms with Crippen LogP contribution in [0.25, 0.3) is 6.08 Å². The minimum Gasteiger partial charge on any atom is -0.339 e. The van der Waals surface area contributed by atoms with Gasteiger partial charge in [-0.1, -0.05) is 25.0 Å². The molecule has 0 atom stereocenters. The largest absolute Gasteiger partial charge is 0.416 e. The third-order valence-corrected chi connectivity index (χ3v) is 3.57. The first-order chi connectivity index (χ1) is 9.97. The van der Waals surface area contributed by atoms with Crippen molar-refractivity contribution in [2.24, 2.45) is 0 Å². The first-order valence-corrected chi connectivity index (χ1v) is 7.11. The molecule has 114 valence electrons. The monoisotopic (exact) mass is 297 g/mol. The summed E-state index contributed by atoms with van der Waals surface area (Å²) in [5, 5.41) is 0. The number of carbonyl (C=O) groups excluding carboxylic acids is 1. The van der Waals surface area contributed by atoms with Gasteiger partial charge in [0.2, 0.25) is 5.91 Å². The predicted octanol–water partition coefficient (Wildman–Crippen LogP) is 4.12. The SMILES string of the molecule is O=C(/C=C/c1ccc(C(F)(F)F)cc1)N1CCCCCC1. The molecular weight excluding hydrogens is 279 g/mol. The van der Waals surface area contributed by atoms with E-state index >= 15 is 0 Å². The standard InChI is InChI=1S/C16H18F3NO/c17-16(18,19)14-8-5-13(6-9-14)7-10-15(21)20-11-3-1-2-4-12-20/h5-10H,1-4,11-12H2/b10-7+. The smallest absolute Gasteiger partial charge is 0.339 e. The van der Waals surface area contributed by atoms with Gasteiger partial charge < -0.3 is 4.90 Å². The van der Waals surface area contributed by atoms with Gasteiger partial charge in [-0.15, -0.1) is 0 Å². The summed E-state index contributed by atoms with van der Waals surface area (Å²) in [6, 6.07) is 4.79. The Bertz CT molecular complexity index is 497. The third-order valence-electron chi connectivity index (χ3n) is 3.57. The summed E-state index contributed by atoms with van der Waals surface area (Å²) in [4.78, 5) is 13.8. The molecular formula is C16H18F3NO. The minimum absolute atomic E-state index is 0.0724. The van der Waals surface area contributed by atoms with Gasteiger partial charge in [0.1, 0.15) is 0 Å². The summed E-state index contributed by atoms with van der Waals surface area (Å²) in [6.45, 7) is 1.52. The second-order valence-corrected chi connectivity index (χ2v) is 5.19. The van der Waals surface area contributed by atoms with Crippen LogP contribution in [0.5, 0.6) is 0 Å². The normalized spacial score (nSPS) is 17.0. The Hall–Kier alpha value is -1.78. The highest BCUT2D eigenvalue weighted by Crippen LogP contribution is 2.29. The fraction of sp³-hybridized carbons (Fsp3) is 0.438. The fourth-order valence-electron chi connectivity index (χ4n) is 2.35. The van der Waals surface area contributed by atoms with Crippen molar-refractivity contribution < 1.29 is 18.0 Å². The maximum atomic E-state index is 12.4.